The van der Waals surface area contributed by atoms with Crippen molar-refractivity contribution in [3.05, 3.63) is 71.9 Å². The number of aliphatic imine (C=N–C) groups is 1. The number of nitrogens with zero attached hydrogens (tertiary/aromatic N) is 4. The van der Waals surface area contributed by atoms with Crippen LogP contribution in [0.5, 0.6) is 11.6 Å². The molecule has 0 saturated heterocycles. The zero-order chi connectivity index (χ0) is 19.8. The van der Waals surface area contributed by atoms with Gasteiger partial charge >= 0.3 is 0 Å². The fourth-order valence-electron chi connectivity index (χ4n) is 2.53. The summed E-state index contributed by atoms with van der Waals surface area (Å²) in [5, 5.41) is 10.6. The van der Waals surface area contributed by atoms with Crippen LogP contribution in [-0.2, 0) is 20.1 Å². The molecular weight excluding hydrogens is 359 g/mol. The highest BCUT2D eigenvalue weighted by Crippen LogP contribution is 2.23. The standard InChI is InChI=1S/C20H23FN6O/c1-3-22-20(25-14-17-9-11-26-27(17)2)24-13-15-6-5-10-23-19(15)28-18-8-4-7-16(21)12-18/h4-12H,3,13-14H2,1-2H3,(H2,22,24,25). The van der Waals surface area contributed by atoms with Crippen LogP contribution in [0.25, 0.3) is 0 Å². The van der Waals surface area contributed by atoms with Crippen molar-refractivity contribution in [2.75, 3.05) is 6.54 Å². The fourth-order valence-corrected chi connectivity index (χ4v) is 2.53. The van der Waals surface area contributed by atoms with E-state index < -0.39 is 0 Å². The van der Waals surface area contributed by atoms with Gasteiger partial charge in [0.1, 0.15) is 11.6 Å². The third-order valence-corrected chi connectivity index (χ3v) is 3.97. The lowest BCUT2D eigenvalue weighted by Gasteiger charge is -2.12. The molecule has 0 amide bonds. The molecule has 3 aromatic rings. The number of nitrogens with one attached hydrogen (secondary N) is 2. The van der Waals surface area contributed by atoms with Gasteiger partial charge in [-0.05, 0) is 31.2 Å². The van der Waals surface area contributed by atoms with Crippen molar-refractivity contribution >= 4 is 5.96 Å². The van der Waals surface area contributed by atoms with E-state index in [4.69, 9.17) is 4.74 Å². The predicted molar refractivity (Wildman–Crippen MR) is 106 cm³/mol. The van der Waals surface area contributed by atoms with Crippen LogP contribution in [0.4, 0.5) is 4.39 Å². The van der Waals surface area contributed by atoms with Crippen molar-refractivity contribution in [3.63, 3.8) is 0 Å². The van der Waals surface area contributed by atoms with Gasteiger partial charge in [0.15, 0.2) is 5.96 Å². The molecule has 0 aliphatic rings. The lowest BCUT2D eigenvalue weighted by Crippen LogP contribution is -2.37. The van der Waals surface area contributed by atoms with Gasteiger partial charge in [-0.15, -0.1) is 0 Å². The summed E-state index contributed by atoms with van der Waals surface area (Å²) >= 11 is 0. The highest BCUT2D eigenvalue weighted by Gasteiger charge is 2.08. The molecule has 3 rings (SSSR count). The first-order valence-electron chi connectivity index (χ1n) is 9.02. The van der Waals surface area contributed by atoms with Crippen LogP contribution in [0.1, 0.15) is 18.2 Å². The van der Waals surface area contributed by atoms with Gasteiger partial charge in [-0.25, -0.2) is 14.4 Å². The van der Waals surface area contributed by atoms with Gasteiger partial charge in [-0.3, -0.25) is 4.68 Å². The Morgan fingerprint density at radius 2 is 2.07 bits per heavy atom. The Balaban J connectivity index is 1.70. The van der Waals surface area contributed by atoms with Gasteiger partial charge in [-0.2, -0.15) is 5.10 Å². The summed E-state index contributed by atoms with van der Waals surface area (Å²) in [5.41, 5.74) is 1.84. The minimum Gasteiger partial charge on any atom is -0.439 e. The molecule has 0 radical (unpaired) electrons. The third kappa shape index (κ3) is 5.29. The van der Waals surface area contributed by atoms with Gasteiger partial charge in [0.2, 0.25) is 5.88 Å². The first kappa shape index (κ1) is 19.3. The maximum absolute atomic E-state index is 13.4. The number of aromatic nitrogens is 3. The Morgan fingerprint density at radius 1 is 1.18 bits per heavy atom. The summed E-state index contributed by atoms with van der Waals surface area (Å²) < 4.78 is 20.9. The molecule has 0 spiro atoms. The first-order valence-corrected chi connectivity index (χ1v) is 9.02. The van der Waals surface area contributed by atoms with Gasteiger partial charge in [0.25, 0.3) is 0 Å². The van der Waals surface area contributed by atoms with Crippen molar-refractivity contribution in [1.82, 2.24) is 25.4 Å². The van der Waals surface area contributed by atoms with E-state index in [1.807, 2.05) is 36.9 Å². The normalized spacial score (nSPS) is 11.3. The predicted octanol–water partition coefficient (Wildman–Crippen LogP) is 3.00. The molecule has 0 aliphatic heterocycles. The second-order valence-corrected chi connectivity index (χ2v) is 6.02. The van der Waals surface area contributed by atoms with E-state index in [-0.39, 0.29) is 5.82 Å². The zero-order valence-electron chi connectivity index (χ0n) is 15.9. The summed E-state index contributed by atoms with van der Waals surface area (Å²) in [6.45, 7) is 3.70. The summed E-state index contributed by atoms with van der Waals surface area (Å²) in [7, 11) is 1.90. The van der Waals surface area contributed by atoms with E-state index >= 15 is 0 Å². The molecule has 0 bridgehead atoms. The van der Waals surface area contributed by atoms with Gasteiger partial charge in [0.05, 0.1) is 18.8 Å². The third-order valence-electron chi connectivity index (χ3n) is 3.97. The quantitative estimate of drug-likeness (QED) is 0.485. The van der Waals surface area contributed by atoms with Crippen molar-refractivity contribution < 1.29 is 9.13 Å². The number of aryl methyl sites for hydroxylation is 1. The van der Waals surface area contributed by atoms with Crippen LogP contribution in [0.2, 0.25) is 0 Å². The second kappa shape index (κ2) is 9.50. The topological polar surface area (TPSA) is 76.4 Å². The molecule has 0 fully saturated rings. The number of hydrogen-bond acceptors (Lipinski definition) is 4. The van der Waals surface area contributed by atoms with Crippen LogP contribution in [0, 0.1) is 5.82 Å². The lowest BCUT2D eigenvalue weighted by molar-refractivity contribution is 0.452. The van der Waals surface area contributed by atoms with Gasteiger partial charge < -0.3 is 15.4 Å². The van der Waals surface area contributed by atoms with Gasteiger partial charge in [-0.1, -0.05) is 12.1 Å². The second-order valence-electron chi connectivity index (χ2n) is 6.02. The Kier molecular flexibility index (Phi) is 6.56. The van der Waals surface area contributed by atoms with Crippen molar-refractivity contribution in [3.8, 4) is 11.6 Å². The van der Waals surface area contributed by atoms with E-state index in [0.29, 0.717) is 30.7 Å². The highest BCUT2D eigenvalue weighted by molar-refractivity contribution is 5.79. The number of benzene rings is 1. The summed E-state index contributed by atoms with van der Waals surface area (Å²) in [5.74, 6) is 1.11. The SMILES string of the molecule is CCNC(=NCc1cccnc1Oc1cccc(F)c1)NCc1ccnn1C. The number of hydrogen-bond donors (Lipinski definition) is 2. The Labute approximate surface area is 163 Å². The monoisotopic (exact) mass is 382 g/mol. The molecule has 2 N–H and O–H groups in total. The molecule has 0 saturated carbocycles. The average Bonchev–Trinajstić information content (AvgIpc) is 3.10. The largest absolute Gasteiger partial charge is 0.439 e. The zero-order valence-corrected chi connectivity index (χ0v) is 15.9. The fraction of sp³-hybridized carbons (Fsp3) is 0.250. The number of pyridine rings is 1. The van der Waals surface area contributed by atoms with Crippen molar-refractivity contribution in [1.29, 1.82) is 0 Å². The van der Waals surface area contributed by atoms with Crippen molar-refractivity contribution in [2.45, 2.75) is 20.0 Å². The molecule has 7 nitrogen and oxygen atoms in total. The summed E-state index contributed by atoms with van der Waals surface area (Å²) in [6, 6.07) is 11.6. The molecule has 146 valence electrons. The van der Waals surface area contributed by atoms with Crippen LogP contribution in [-0.4, -0.2) is 27.3 Å². The molecular formula is C20H23FN6O. The van der Waals surface area contributed by atoms with Crippen LogP contribution < -0.4 is 15.4 Å². The minimum absolute atomic E-state index is 0.359. The number of guanidine groups is 1. The lowest BCUT2D eigenvalue weighted by atomic mass is 10.2. The first-order chi connectivity index (χ1) is 13.7. The van der Waals surface area contributed by atoms with Gasteiger partial charge in [0, 0.05) is 37.6 Å². The van der Waals surface area contributed by atoms with Crippen LogP contribution in [0.15, 0.2) is 59.9 Å². The maximum Gasteiger partial charge on any atom is 0.224 e. The van der Waals surface area contributed by atoms with E-state index in [0.717, 1.165) is 17.8 Å². The molecule has 0 unspecified atom stereocenters. The molecule has 0 aliphatic carbocycles. The molecule has 2 heterocycles. The smallest absolute Gasteiger partial charge is 0.224 e. The number of halogens is 1. The highest BCUT2D eigenvalue weighted by atomic mass is 19.1. The molecule has 1 aromatic carbocycles. The van der Waals surface area contributed by atoms with Crippen molar-refractivity contribution in [2.24, 2.45) is 12.0 Å². The summed E-state index contributed by atoms with van der Waals surface area (Å²) in [4.78, 5) is 8.86. The van der Waals surface area contributed by atoms with E-state index in [1.54, 1.807) is 24.5 Å². The Bertz CT molecular complexity index is 940. The van der Waals surface area contributed by atoms with E-state index in [9.17, 15) is 4.39 Å². The van der Waals surface area contributed by atoms with E-state index in [1.165, 1.54) is 12.1 Å². The number of rotatable bonds is 7. The molecule has 28 heavy (non-hydrogen) atoms. The van der Waals surface area contributed by atoms with E-state index in [2.05, 4.69) is 25.7 Å². The molecule has 2 aromatic heterocycles. The Hall–Kier alpha value is -3.42. The average molecular weight is 382 g/mol. The maximum atomic E-state index is 13.4. The number of ether oxygens (including phenoxy) is 1. The minimum atomic E-state index is -0.359. The summed E-state index contributed by atoms with van der Waals surface area (Å²) in [6.07, 6.45) is 3.39. The molecule has 0 atom stereocenters. The molecule has 8 heteroatoms. The Morgan fingerprint density at radius 3 is 2.82 bits per heavy atom. The van der Waals surface area contributed by atoms with Crippen LogP contribution in [0.3, 0.4) is 0 Å². The van der Waals surface area contributed by atoms with Crippen LogP contribution >= 0.6 is 0 Å².